The summed E-state index contributed by atoms with van der Waals surface area (Å²) in [7, 11) is -3.73. The predicted octanol–water partition coefficient (Wildman–Crippen LogP) is 0.564. The summed E-state index contributed by atoms with van der Waals surface area (Å²) < 4.78 is 31.5. The highest BCUT2D eigenvalue weighted by Crippen LogP contribution is 2.28. The zero-order valence-electron chi connectivity index (χ0n) is 12.3. The maximum atomic E-state index is 12.7. The number of β-amino-alcohol motifs (C(OH)–C–C–N with tert-alkyl or cyclic N) is 1. The van der Waals surface area contributed by atoms with Crippen LogP contribution in [0.2, 0.25) is 0 Å². The van der Waals surface area contributed by atoms with Crippen molar-refractivity contribution in [2.45, 2.75) is 38.2 Å². The lowest BCUT2D eigenvalue weighted by molar-refractivity contribution is 0.0519. The van der Waals surface area contributed by atoms with E-state index < -0.39 is 22.1 Å². The third-order valence-electron chi connectivity index (χ3n) is 3.57. The fourth-order valence-electron chi connectivity index (χ4n) is 2.59. The minimum Gasteiger partial charge on any atom is -0.461 e. The van der Waals surface area contributed by atoms with Gasteiger partial charge < -0.3 is 14.8 Å². The topological polar surface area (TPSA) is 99.7 Å². The summed E-state index contributed by atoms with van der Waals surface area (Å²) in [6, 6.07) is 0. The molecular formula is C13H20N2O5S. The summed E-state index contributed by atoms with van der Waals surface area (Å²) in [6.07, 6.45) is -0.212. The van der Waals surface area contributed by atoms with Gasteiger partial charge in [0.15, 0.2) is 0 Å². The minimum absolute atomic E-state index is 0.0845. The van der Waals surface area contributed by atoms with Gasteiger partial charge in [0.05, 0.1) is 12.7 Å². The molecule has 118 valence electrons. The van der Waals surface area contributed by atoms with Crippen LogP contribution in [0.25, 0.3) is 0 Å². The number of aryl methyl sites for hydroxylation is 1. The van der Waals surface area contributed by atoms with Gasteiger partial charge in [0.1, 0.15) is 10.6 Å². The zero-order valence-corrected chi connectivity index (χ0v) is 13.2. The first-order valence-electron chi connectivity index (χ1n) is 6.83. The van der Waals surface area contributed by atoms with Gasteiger partial charge in [-0.3, -0.25) is 0 Å². The van der Waals surface area contributed by atoms with Crippen LogP contribution in [-0.2, 0) is 14.8 Å². The minimum atomic E-state index is -3.73. The van der Waals surface area contributed by atoms with Crippen molar-refractivity contribution >= 4 is 16.0 Å². The molecular weight excluding hydrogens is 296 g/mol. The summed E-state index contributed by atoms with van der Waals surface area (Å²) in [6.45, 7) is 5.46. The highest BCUT2D eigenvalue weighted by molar-refractivity contribution is 7.89. The second-order valence-electron chi connectivity index (χ2n) is 5.11. The van der Waals surface area contributed by atoms with E-state index in [4.69, 9.17) is 4.74 Å². The largest absolute Gasteiger partial charge is 0.461 e. The van der Waals surface area contributed by atoms with Crippen LogP contribution in [0.5, 0.6) is 0 Å². The summed E-state index contributed by atoms with van der Waals surface area (Å²) in [5, 5.41) is 9.52. The Morgan fingerprint density at radius 1 is 1.48 bits per heavy atom. The Balaban J connectivity index is 2.42. The summed E-state index contributed by atoms with van der Waals surface area (Å²) in [4.78, 5) is 14.7. The average molecular weight is 316 g/mol. The van der Waals surface area contributed by atoms with Gasteiger partial charge in [-0.25, -0.2) is 13.2 Å². The maximum Gasteiger partial charge on any atom is 0.355 e. The van der Waals surface area contributed by atoms with E-state index in [1.807, 2.05) is 0 Å². The number of H-pyrrole nitrogens is 1. The number of ether oxygens (including phenoxy) is 1. The number of aromatic amines is 1. The number of sulfonamides is 1. The summed E-state index contributed by atoms with van der Waals surface area (Å²) in [5.74, 6) is -0.569. The van der Waals surface area contributed by atoms with Gasteiger partial charge in [0.25, 0.3) is 0 Å². The van der Waals surface area contributed by atoms with E-state index >= 15 is 0 Å². The summed E-state index contributed by atoms with van der Waals surface area (Å²) in [5.41, 5.74) is 0.914. The molecule has 21 heavy (non-hydrogen) atoms. The number of aromatic nitrogens is 1. The van der Waals surface area contributed by atoms with E-state index in [-0.39, 0.29) is 30.3 Å². The van der Waals surface area contributed by atoms with Crippen molar-refractivity contribution in [1.82, 2.24) is 9.29 Å². The standard InChI is InChI=1S/C13H20N2O5S/c1-4-20-13(17)11-8(2)12(9(3)14-11)21(18,19)15-6-5-10(16)7-15/h10,14,16H,4-7H2,1-3H3/t10-/m1/s1. The third-order valence-corrected chi connectivity index (χ3v) is 5.71. The SMILES string of the molecule is CCOC(=O)c1[nH]c(C)c(S(=O)(=O)N2CC[C@@H](O)C2)c1C. The van der Waals surface area contributed by atoms with Crippen LogP contribution in [0.4, 0.5) is 0 Å². The molecule has 1 aromatic heterocycles. The Morgan fingerprint density at radius 2 is 2.14 bits per heavy atom. The highest BCUT2D eigenvalue weighted by Gasteiger charge is 2.35. The molecule has 2 N–H and O–H groups in total. The van der Waals surface area contributed by atoms with Crippen molar-refractivity contribution in [2.24, 2.45) is 0 Å². The van der Waals surface area contributed by atoms with Crippen molar-refractivity contribution in [2.75, 3.05) is 19.7 Å². The first-order chi connectivity index (χ1) is 9.78. The van der Waals surface area contributed by atoms with E-state index in [9.17, 15) is 18.3 Å². The number of nitrogens with zero attached hydrogens (tertiary/aromatic N) is 1. The van der Waals surface area contributed by atoms with Gasteiger partial charge in [-0.2, -0.15) is 4.31 Å². The zero-order chi connectivity index (χ0) is 15.8. The molecule has 1 saturated heterocycles. The average Bonchev–Trinajstić information content (AvgIpc) is 2.94. The predicted molar refractivity (Wildman–Crippen MR) is 75.6 cm³/mol. The van der Waals surface area contributed by atoms with Crippen LogP contribution in [0.1, 0.15) is 35.1 Å². The molecule has 1 aromatic rings. The molecule has 0 spiro atoms. The van der Waals surface area contributed by atoms with Crippen molar-refractivity contribution in [3.63, 3.8) is 0 Å². The monoisotopic (exact) mass is 316 g/mol. The Hall–Kier alpha value is -1.38. The molecule has 2 heterocycles. The van der Waals surface area contributed by atoms with Gasteiger partial charge >= 0.3 is 5.97 Å². The molecule has 1 fully saturated rings. The van der Waals surface area contributed by atoms with Crippen molar-refractivity contribution in [1.29, 1.82) is 0 Å². The van der Waals surface area contributed by atoms with Crippen molar-refractivity contribution in [3.8, 4) is 0 Å². The van der Waals surface area contributed by atoms with Crippen LogP contribution in [0.3, 0.4) is 0 Å². The maximum absolute atomic E-state index is 12.7. The van der Waals surface area contributed by atoms with Crippen molar-refractivity contribution in [3.05, 3.63) is 17.0 Å². The van der Waals surface area contributed by atoms with Gasteiger partial charge in [0.2, 0.25) is 10.0 Å². The third kappa shape index (κ3) is 2.83. The number of nitrogens with one attached hydrogen (secondary N) is 1. The molecule has 1 atom stereocenters. The quantitative estimate of drug-likeness (QED) is 0.791. The molecule has 0 unspecified atom stereocenters. The molecule has 0 saturated carbocycles. The molecule has 0 bridgehead atoms. The van der Waals surface area contributed by atoms with E-state index in [2.05, 4.69) is 4.98 Å². The second kappa shape index (κ2) is 5.78. The number of carbonyl (C=O) groups excluding carboxylic acids is 1. The lowest BCUT2D eigenvalue weighted by Gasteiger charge is -2.16. The molecule has 7 nitrogen and oxygen atoms in total. The number of carbonyl (C=O) groups is 1. The van der Waals surface area contributed by atoms with E-state index in [0.29, 0.717) is 17.7 Å². The molecule has 0 amide bonds. The van der Waals surface area contributed by atoms with E-state index in [1.165, 1.54) is 4.31 Å². The van der Waals surface area contributed by atoms with E-state index in [0.717, 1.165) is 0 Å². The number of rotatable bonds is 4. The van der Waals surface area contributed by atoms with Crippen LogP contribution in [0, 0.1) is 13.8 Å². The lowest BCUT2D eigenvalue weighted by Crippen LogP contribution is -2.30. The fourth-order valence-corrected chi connectivity index (χ4v) is 4.48. The first kappa shape index (κ1) is 16.0. The van der Waals surface area contributed by atoms with Crippen LogP contribution < -0.4 is 0 Å². The number of aliphatic hydroxyl groups excluding tert-OH is 1. The number of esters is 1. The molecule has 2 rings (SSSR count). The molecule has 0 aliphatic carbocycles. The molecule has 1 aliphatic rings. The smallest absolute Gasteiger partial charge is 0.355 e. The van der Waals surface area contributed by atoms with Gasteiger partial charge in [0, 0.05) is 24.3 Å². The first-order valence-corrected chi connectivity index (χ1v) is 8.27. The van der Waals surface area contributed by atoms with Gasteiger partial charge in [-0.05, 0) is 27.2 Å². The Bertz CT molecular complexity index is 650. The highest BCUT2D eigenvalue weighted by atomic mass is 32.2. The van der Waals surface area contributed by atoms with Gasteiger partial charge in [-0.1, -0.05) is 0 Å². The Labute approximate surface area is 124 Å². The molecule has 1 aliphatic heterocycles. The van der Waals surface area contributed by atoms with Crippen LogP contribution >= 0.6 is 0 Å². The molecule has 0 aromatic carbocycles. The number of hydrogen-bond acceptors (Lipinski definition) is 5. The number of hydrogen-bond donors (Lipinski definition) is 2. The Morgan fingerprint density at radius 3 is 2.67 bits per heavy atom. The lowest BCUT2D eigenvalue weighted by atomic mass is 10.2. The summed E-state index contributed by atoms with van der Waals surface area (Å²) >= 11 is 0. The van der Waals surface area contributed by atoms with Crippen molar-refractivity contribution < 1.29 is 23.1 Å². The van der Waals surface area contributed by atoms with Crippen LogP contribution in [0.15, 0.2) is 4.90 Å². The fraction of sp³-hybridized carbons (Fsp3) is 0.615. The number of aliphatic hydroxyl groups is 1. The van der Waals surface area contributed by atoms with Crippen LogP contribution in [-0.4, -0.2) is 54.6 Å². The normalized spacial score (nSPS) is 19.9. The molecule has 8 heteroatoms. The Kier molecular flexibility index (Phi) is 4.40. The van der Waals surface area contributed by atoms with Gasteiger partial charge in [-0.15, -0.1) is 0 Å². The molecule has 0 radical (unpaired) electrons. The second-order valence-corrected chi connectivity index (χ2v) is 6.98. The van der Waals surface area contributed by atoms with E-state index in [1.54, 1.807) is 20.8 Å².